The maximum atomic E-state index is 11.2. The number of halogens is 1. The topological polar surface area (TPSA) is 22.0 Å². The maximum absolute atomic E-state index is 11.2. The lowest BCUT2D eigenvalue weighted by Gasteiger charge is -2.07. The third-order valence-corrected chi connectivity index (χ3v) is 2.55. The minimum Gasteiger partial charge on any atom is -0.322 e. The minimum atomic E-state index is 0.0417. The number of aromatic nitrogens is 1. The van der Waals surface area contributed by atoms with Crippen molar-refractivity contribution in [2.75, 3.05) is 0 Å². The average Bonchev–Trinajstić information content (AvgIpc) is 2.71. The largest absolute Gasteiger partial charge is 0.322 e. The van der Waals surface area contributed by atoms with E-state index >= 15 is 0 Å². The van der Waals surface area contributed by atoms with Gasteiger partial charge in [-0.1, -0.05) is 11.6 Å². The van der Waals surface area contributed by atoms with Gasteiger partial charge in [0.05, 0.1) is 10.7 Å². The Morgan fingerprint density at radius 2 is 1.93 bits per heavy atom. The standard InChI is InChI=1S/C12H10ClNO/c1-9(15)10-4-5-11(13)12(8-10)14-6-2-3-7-14/h2-8H,1H3. The molecule has 0 saturated carbocycles. The summed E-state index contributed by atoms with van der Waals surface area (Å²) in [6.07, 6.45) is 3.79. The van der Waals surface area contributed by atoms with Gasteiger partial charge in [0, 0.05) is 18.0 Å². The van der Waals surface area contributed by atoms with Crippen LogP contribution in [-0.4, -0.2) is 10.4 Å². The van der Waals surface area contributed by atoms with Gasteiger partial charge in [-0.2, -0.15) is 0 Å². The SMILES string of the molecule is CC(=O)c1ccc(Cl)c(-n2cccc2)c1. The quantitative estimate of drug-likeness (QED) is 0.711. The molecule has 76 valence electrons. The molecular formula is C12H10ClNO. The van der Waals surface area contributed by atoms with E-state index in [1.54, 1.807) is 25.1 Å². The van der Waals surface area contributed by atoms with Gasteiger partial charge in [0.2, 0.25) is 0 Å². The second-order valence-corrected chi connectivity index (χ2v) is 3.72. The Bertz CT molecular complexity index is 488. The lowest BCUT2D eigenvalue weighted by atomic mass is 10.1. The molecule has 2 rings (SSSR count). The summed E-state index contributed by atoms with van der Waals surface area (Å²) in [4.78, 5) is 11.2. The average molecular weight is 220 g/mol. The van der Waals surface area contributed by atoms with Crippen LogP contribution in [0.4, 0.5) is 0 Å². The van der Waals surface area contributed by atoms with Gasteiger partial charge in [-0.15, -0.1) is 0 Å². The molecule has 0 spiro atoms. The first-order valence-electron chi connectivity index (χ1n) is 4.62. The molecule has 0 saturated heterocycles. The maximum Gasteiger partial charge on any atom is 0.159 e. The zero-order valence-electron chi connectivity index (χ0n) is 8.27. The molecule has 0 aliphatic rings. The number of ketones is 1. The molecule has 1 aromatic heterocycles. The molecule has 1 aromatic carbocycles. The summed E-state index contributed by atoms with van der Waals surface area (Å²) in [7, 11) is 0. The van der Waals surface area contributed by atoms with E-state index in [9.17, 15) is 4.79 Å². The van der Waals surface area contributed by atoms with Crippen LogP contribution in [0.2, 0.25) is 5.02 Å². The Labute approximate surface area is 93.1 Å². The molecule has 2 nitrogen and oxygen atoms in total. The molecule has 0 unspecified atom stereocenters. The molecule has 0 fully saturated rings. The fraction of sp³-hybridized carbons (Fsp3) is 0.0833. The van der Waals surface area contributed by atoms with Crippen molar-refractivity contribution in [2.45, 2.75) is 6.92 Å². The number of carbonyl (C=O) groups excluding carboxylic acids is 1. The smallest absolute Gasteiger partial charge is 0.159 e. The van der Waals surface area contributed by atoms with Crippen molar-refractivity contribution in [2.24, 2.45) is 0 Å². The van der Waals surface area contributed by atoms with Crippen molar-refractivity contribution in [3.63, 3.8) is 0 Å². The van der Waals surface area contributed by atoms with Crippen molar-refractivity contribution < 1.29 is 4.79 Å². The van der Waals surface area contributed by atoms with Gasteiger partial charge in [-0.3, -0.25) is 4.79 Å². The molecule has 2 aromatic rings. The van der Waals surface area contributed by atoms with E-state index in [2.05, 4.69) is 0 Å². The lowest BCUT2D eigenvalue weighted by molar-refractivity contribution is 0.101. The van der Waals surface area contributed by atoms with Crippen LogP contribution in [-0.2, 0) is 0 Å². The van der Waals surface area contributed by atoms with E-state index in [4.69, 9.17) is 11.6 Å². The Morgan fingerprint density at radius 1 is 1.27 bits per heavy atom. The summed E-state index contributed by atoms with van der Waals surface area (Å²) in [6, 6.07) is 9.10. The number of carbonyl (C=O) groups is 1. The highest BCUT2D eigenvalue weighted by atomic mass is 35.5. The molecule has 0 amide bonds. The van der Waals surface area contributed by atoms with Crippen LogP contribution >= 0.6 is 11.6 Å². The molecule has 0 N–H and O–H groups in total. The van der Waals surface area contributed by atoms with Crippen molar-refractivity contribution in [1.29, 1.82) is 0 Å². The van der Waals surface area contributed by atoms with Crippen molar-refractivity contribution in [1.82, 2.24) is 4.57 Å². The number of hydrogen-bond acceptors (Lipinski definition) is 1. The van der Waals surface area contributed by atoms with E-state index in [0.717, 1.165) is 5.69 Å². The predicted octanol–water partition coefficient (Wildman–Crippen LogP) is 3.33. The molecular weight excluding hydrogens is 210 g/mol. The van der Waals surface area contributed by atoms with Crippen LogP contribution in [0.15, 0.2) is 42.7 Å². The minimum absolute atomic E-state index is 0.0417. The molecule has 0 atom stereocenters. The first-order valence-corrected chi connectivity index (χ1v) is 5.00. The number of rotatable bonds is 2. The van der Waals surface area contributed by atoms with Crippen LogP contribution in [0, 0.1) is 0 Å². The third-order valence-electron chi connectivity index (χ3n) is 2.24. The van der Waals surface area contributed by atoms with Gasteiger partial charge in [0.1, 0.15) is 0 Å². The summed E-state index contributed by atoms with van der Waals surface area (Å²) in [5, 5.41) is 0.635. The van der Waals surface area contributed by atoms with Crippen molar-refractivity contribution in [3.05, 3.63) is 53.3 Å². The Balaban J connectivity index is 2.55. The molecule has 0 aliphatic carbocycles. The van der Waals surface area contributed by atoms with Crippen LogP contribution in [0.5, 0.6) is 0 Å². The summed E-state index contributed by atoms with van der Waals surface area (Å²) < 4.78 is 1.88. The van der Waals surface area contributed by atoms with Crippen LogP contribution in [0.25, 0.3) is 5.69 Å². The number of benzene rings is 1. The van der Waals surface area contributed by atoms with Crippen molar-refractivity contribution in [3.8, 4) is 5.69 Å². The van der Waals surface area contributed by atoms with Gasteiger partial charge in [-0.05, 0) is 37.3 Å². The number of nitrogens with zero attached hydrogens (tertiary/aromatic N) is 1. The normalized spacial score (nSPS) is 10.3. The van der Waals surface area contributed by atoms with Gasteiger partial charge in [0.25, 0.3) is 0 Å². The third kappa shape index (κ3) is 1.95. The molecule has 1 heterocycles. The summed E-state index contributed by atoms with van der Waals surface area (Å²) >= 11 is 6.06. The first-order chi connectivity index (χ1) is 7.18. The highest BCUT2D eigenvalue weighted by Crippen LogP contribution is 2.22. The molecule has 0 aliphatic heterocycles. The number of hydrogen-bond donors (Lipinski definition) is 0. The first kappa shape index (κ1) is 9.99. The van der Waals surface area contributed by atoms with Gasteiger partial charge >= 0.3 is 0 Å². The van der Waals surface area contributed by atoms with Crippen molar-refractivity contribution >= 4 is 17.4 Å². The monoisotopic (exact) mass is 219 g/mol. The highest BCUT2D eigenvalue weighted by molar-refractivity contribution is 6.32. The van der Waals surface area contributed by atoms with Crippen LogP contribution < -0.4 is 0 Å². The highest BCUT2D eigenvalue weighted by Gasteiger charge is 2.05. The molecule has 0 bridgehead atoms. The van der Waals surface area contributed by atoms with E-state index in [1.165, 1.54) is 0 Å². The molecule has 15 heavy (non-hydrogen) atoms. The van der Waals surface area contributed by atoms with Gasteiger partial charge in [0.15, 0.2) is 5.78 Å². The van der Waals surface area contributed by atoms with Crippen LogP contribution in [0.1, 0.15) is 17.3 Å². The van der Waals surface area contributed by atoms with Crippen LogP contribution in [0.3, 0.4) is 0 Å². The zero-order chi connectivity index (χ0) is 10.8. The Kier molecular flexibility index (Phi) is 2.60. The number of Topliss-reactive ketones (excluding diaryl/α,β-unsaturated/α-hetero) is 1. The summed E-state index contributed by atoms with van der Waals surface area (Å²) in [5.74, 6) is 0.0417. The Morgan fingerprint density at radius 3 is 2.53 bits per heavy atom. The van der Waals surface area contributed by atoms with Gasteiger partial charge in [-0.25, -0.2) is 0 Å². The lowest BCUT2D eigenvalue weighted by Crippen LogP contribution is -1.97. The molecule has 3 heteroatoms. The summed E-state index contributed by atoms with van der Waals surface area (Å²) in [5.41, 5.74) is 1.50. The predicted molar refractivity (Wildman–Crippen MR) is 60.8 cm³/mol. The second kappa shape index (κ2) is 3.91. The fourth-order valence-corrected chi connectivity index (χ4v) is 1.64. The van der Waals surface area contributed by atoms with E-state index in [0.29, 0.717) is 10.6 Å². The molecule has 0 radical (unpaired) electrons. The van der Waals surface area contributed by atoms with Gasteiger partial charge < -0.3 is 4.57 Å². The van der Waals surface area contributed by atoms with E-state index in [1.807, 2.05) is 29.1 Å². The second-order valence-electron chi connectivity index (χ2n) is 3.31. The summed E-state index contributed by atoms with van der Waals surface area (Å²) in [6.45, 7) is 1.54. The fourth-order valence-electron chi connectivity index (χ4n) is 1.42. The van der Waals surface area contributed by atoms with E-state index < -0.39 is 0 Å². The Hall–Kier alpha value is -1.54. The zero-order valence-corrected chi connectivity index (χ0v) is 9.03. The van der Waals surface area contributed by atoms with E-state index in [-0.39, 0.29) is 5.78 Å².